The van der Waals surface area contributed by atoms with Crippen LogP contribution in [-0.2, 0) is 15.0 Å². The predicted octanol–water partition coefficient (Wildman–Crippen LogP) is 3.97. The molecule has 6 nitrogen and oxygen atoms in total. The number of likely N-dealkylation sites (N-methyl/N-ethyl adjacent to an activating group) is 1. The number of benzene rings is 1. The molecule has 28 heavy (non-hydrogen) atoms. The maximum absolute atomic E-state index is 5.72. The van der Waals surface area contributed by atoms with Crippen molar-refractivity contribution in [1.29, 1.82) is 0 Å². The maximum atomic E-state index is 5.72. The van der Waals surface area contributed by atoms with Gasteiger partial charge in [-0.25, -0.2) is 0 Å². The summed E-state index contributed by atoms with van der Waals surface area (Å²) in [4.78, 5) is 8.20. The molecule has 156 valence electrons. The van der Waals surface area contributed by atoms with E-state index in [1.165, 1.54) is 5.56 Å². The van der Waals surface area contributed by atoms with Crippen molar-refractivity contribution in [2.24, 2.45) is 5.16 Å². The Kier molecular flexibility index (Phi) is 5.78. The van der Waals surface area contributed by atoms with Crippen molar-refractivity contribution in [3.8, 4) is 11.5 Å². The predicted molar refractivity (Wildman–Crippen MR) is 110 cm³/mol. The summed E-state index contributed by atoms with van der Waals surface area (Å²) in [6.45, 7) is 1.88. The van der Waals surface area contributed by atoms with Gasteiger partial charge < -0.3 is 23.9 Å². The molecule has 2 heterocycles. The molecule has 0 spiro atoms. The van der Waals surface area contributed by atoms with Crippen molar-refractivity contribution in [3.05, 3.63) is 23.8 Å². The lowest BCUT2D eigenvalue weighted by molar-refractivity contribution is -0.162. The Balaban J connectivity index is 0.00000240. The molecule has 1 aliphatic carbocycles. The molecule has 0 aromatic heterocycles. The van der Waals surface area contributed by atoms with Crippen LogP contribution in [0.5, 0.6) is 11.5 Å². The normalized spacial score (nSPS) is 32.2. The van der Waals surface area contributed by atoms with E-state index in [1.807, 2.05) is 6.07 Å². The molecule has 6 heteroatoms. The highest BCUT2D eigenvalue weighted by Crippen LogP contribution is 2.49. The van der Waals surface area contributed by atoms with Crippen LogP contribution >= 0.6 is 0 Å². The molecule has 0 bridgehead atoms. The van der Waals surface area contributed by atoms with E-state index in [2.05, 4.69) is 29.2 Å². The minimum Gasteiger partial charge on any atom is -0.493 e. The van der Waals surface area contributed by atoms with Crippen LogP contribution in [-0.4, -0.2) is 57.4 Å². The quantitative estimate of drug-likeness (QED) is 0.712. The van der Waals surface area contributed by atoms with Crippen molar-refractivity contribution in [1.82, 2.24) is 4.90 Å². The van der Waals surface area contributed by atoms with Gasteiger partial charge in [0.2, 0.25) is 6.29 Å². The minimum atomic E-state index is -0.167. The fraction of sp³-hybridized carbons (Fsp3) is 0.682. The summed E-state index contributed by atoms with van der Waals surface area (Å²) in [7, 11) is 5.61. The van der Waals surface area contributed by atoms with Gasteiger partial charge in [-0.2, -0.15) is 0 Å². The second-order valence-electron chi connectivity index (χ2n) is 8.24. The van der Waals surface area contributed by atoms with Gasteiger partial charge in [-0.15, -0.1) is 0 Å². The zero-order chi connectivity index (χ0) is 19.6. The minimum absolute atomic E-state index is 0. The number of hydrogen-bond donors (Lipinski definition) is 0. The molecular weight excluding hydrogens is 356 g/mol. The summed E-state index contributed by atoms with van der Waals surface area (Å²) < 4.78 is 16.7. The smallest absolute Gasteiger partial charge is 0.226 e. The Bertz CT molecular complexity index is 723. The Labute approximate surface area is 169 Å². The van der Waals surface area contributed by atoms with E-state index in [0.29, 0.717) is 6.04 Å². The highest BCUT2D eigenvalue weighted by atomic mass is 16.8. The summed E-state index contributed by atoms with van der Waals surface area (Å²) in [6.07, 6.45) is 7.19. The SMILES string of the molecule is COc1ccc([C@@]23CC/C(=N\OC4CCCCO4)C[C@@H]2N(C)CC3)cc1OC.[HH]. The molecule has 3 atom stereocenters. The number of fused-ring (bicyclic) bond motifs is 1. The maximum Gasteiger partial charge on any atom is 0.226 e. The highest BCUT2D eigenvalue weighted by molar-refractivity contribution is 5.86. The van der Waals surface area contributed by atoms with Gasteiger partial charge in [-0.05, 0) is 63.4 Å². The molecule has 0 N–H and O–H groups in total. The average molecular weight is 391 g/mol. The molecule has 1 saturated carbocycles. The second kappa shape index (κ2) is 8.29. The number of oxime groups is 1. The van der Waals surface area contributed by atoms with E-state index in [1.54, 1.807) is 14.2 Å². The summed E-state index contributed by atoms with van der Waals surface area (Å²) in [5.74, 6) is 1.59. The molecule has 0 amide bonds. The van der Waals surface area contributed by atoms with Crippen LogP contribution in [0, 0.1) is 0 Å². The number of likely N-dealkylation sites (tertiary alicyclic amines) is 1. The van der Waals surface area contributed by atoms with Gasteiger partial charge in [-0.1, -0.05) is 11.2 Å². The van der Waals surface area contributed by atoms with E-state index >= 15 is 0 Å². The lowest BCUT2D eigenvalue weighted by Gasteiger charge is -2.42. The third kappa shape index (κ3) is 3.60. The topological polar surface area (TPSA) is 52.5 Å². The molecule has 3 aliphatic rings. The Hall–Kier alpha value is -1.79. The van der Waals surface area contributed by atoms with Crippen LogP contribution in [0.3, 0.4) is 0 Å². The number of nitrogens with zero attached hydrogens (tertiary/aromatic N) is 2. The van der Waals surface area contributed by atoms with Crippen molar-refractivity contribution in [2.75, 3.05) is 34.4 Å². The molecule has 2 saturated heterocycles. The Morgan fingerprint density at radius 2 is 2.04 bits per heavy atom. The van der Waals surface area contributed by atoms with Crippen molar-refractivity contribution >= 4 is 5.71 Å². The van der Waals surface area contributed by atoms with Gasteiger partial charge in [0.1, 0.15) is 0 Å². The molecule has 4 rings (SSSR count). The van der Waals surface area contributed by atoms with Crippen molar-refractivity contribution < 1.29 is 20.5 Å². The first-order valence-electron chi connectivity index (χ1n) is 10.4. The first kappa shape index (κ1) is 19.5. The Morgan fingerprint density at radius 1 is 1.18 bits per heavy atom. The van der Waals surface area contributed by atoms with Crippen molar-refractivity contribution in [3.63, 3.8) is 0 Å². The summed E-state index contributed by atoms with van der Waals surface area (Å²) in [6, 6.07) is 6.83. The van der Waals surface area contributed by atoms with Crippen LogP contribution < -0.4 is 9.47 Å². The van der Waals surface area contributed by atoms with Crippen LogP contribution in [0.1, 0.15) is 51.9 Å². The number of ether oxygens (including phenoxy) is 3. The van der Waals surface area contributed by atoms with Gasteiger partial charge in [0.25, 0.3) is 0 Å². The zero-order valence-corrected chi connectivity index (χ0v) is 17.3. The number of rotatable bonds is 5. The fourth-order valence-corrected chi connectivity index (χ4v) is 5.09. The molecular formula is C22H34N2O4. The van der Waals surface area contributed by atoms with E-state index in [0.717, 1.165) is 75.3 Å². The van der Waals surface area contributed by atoms with Crippen LogP contribution in [0.15, 0.2) is 23.4 Å². The average Bonchev–Trinajstić information content (AvgIpc) is 3.09. The van der Waals surface area contributed by atoms with Crippen LogP contribution in [0.2, 0.25) is 0 Å². The molecule has 1 unspecified atom stereocenters. The molecule has 2 aliphatic heterocycles. The van der Waals surface area contributed by atoms with E-state index in [4.69, 9.17) is 19.0 Å². The van der Waals surface area contributed by atoms with Crippen molar-refractivity contribution in [2.45, 2.75) is 62.7 Å². The van der Waals surface area contributed by atoms with E-state index in [-0.39, 0.29) is 13.1 Å². The molecule has 3 fully saturated rings. The standard InChI is InChI=1S/C22H32N2O4.H2/c1-24-12-11-22(16-7-8-18(25-2)19(14-16)26-3)10-9-17(15-20(22)24)23-28-21-6-4-5-13-27-21;/h7-8,14,20-21H,4-6,9-13,15H2,1-3H3;1H/b23-17+;/t20-,21?,22-;/m0./s1. The van der Waals surface area contributed by atoms with Crippen LogP contribution in [0.4, 0.5) is 0 Å². The summed E-state index contributed by atoms with van der Waals surface area (Å²) in [5.41, 5.74) is 2.63. The Morgan fingerprint density at radius 3 is 2.79 bits per heavy atom. The van der Waals surface area contributed by atoms with Gasteiger partial charge in [0.15, 0.2) is 11.5 Å². The second-order valence-corrected chi connectivity index (χ2v) is 8.24. The molecule has 0 radical (unpaired) electrons. The van der Waals surface area contributed by atoms with Gasteiger partial charge in [-0.3, -0.25) is 0 Å². The number of hydrogen-bond acceptors (Lipinski definition) is 6. The monoisotopic (exact) mass is 390 g/mol. The third-order valence-electron chi connectivity index (χ3n) is 6.76. The number of methoxy groups -OCH3 is 2. The fourth-order valence-electron chi connectivity index (χ4n) is 5.09. The van der Waals surface area contributed by atoms with E-state index < -0.39 is 0 Å². The first-order chi connectivity index (χ1) is 13.7. The lowest BCUT2D eigenvalue weighted by atomic mass is 9.65. The highest BCUT2D eigenvalue weighted by Gasteiger charge is 2.50. The van der Waals surface area contributed by atoms with Gasteiger partial charge in [0.05, 0.1) is 26.5 Å². The van der Waals surface area contributed by atoms with Gasteiger partial charge in [0, 0.05) is 25.7 Å². The van der Waals surface area contributed by atoms with Crippen LogP contribution in [0.25, 0.3) is 0 Å². The third-order valence-corrected chi connectivity index (χ3v) is 6.76. The first-order valence-corrected chi connectivity index (χ1v) is 10.4. The summed E-state index contributed by atoms with van der Waals surface area (Å²) >= 11 is 0. The zero-order valence-electron chi connectivity index (χ0n) is 17.3. The van der Waals surface area contributed by atoms with Gasteiger partial charge >= 0.3 is 0 Å². The molecule has 1 aromatic rings. The largest absolute Gasteiger partial charge is 0.493 e. The lowest BCUT2D eigenvalue weighted by Crippen LogP contribution is -2.46. The summed E-state index contributed by atoms with van der Waals surface area (Å²) in [5, 5.41) is 4.51. The molecule has 1 aromatic carbocycles. The van der Waals surface area contributed by atoms with E-state index in [9.17, 15) is 0 Å².